The maximum absolute atomic E-state index is 13.6. The van der Waals surface area contributed by atoms with Crippen molar-refractivity contribution in [1.82, 2.24) is 10.3 Å². The Morgan fingerprint density at radius 1 is 1.15 bits per heavy atom. The van der Waals surface area contributed by atoms with Crippen molar-refractivity contribution >= 4 is 27.0 Å². The first-order chi connectivity index (χ1) is 12.3. The first kappa shape index (κ1) is 17.7. The molecule has 3 heterocycles. The van der Waals surface area contributed by atoms with Crippen LogP contribution in [-0.4, -0.2) is 26.5 Å². The molecule has 136 valence electrons. The van der Waals surface area contributed by atoms with E-state index in [1.54, 1.807) is 32.2 Å². The number of benzene rings is 1. The summed E-state index contributed by atoms with van der Waals surface area (Å²) in [5.41, 5.74) is 4.45. The minimum Gasteiger partial charge on any atom is -0.316 e. The van der Waals surface area contributed by atoms with Gasteiger partial charge < -0.3 is 5.32 Å². The van der Waals surface area contributed by atoms with E-state index in [1.807, 2.05) is 18.2 Å². The molecule has 1 fully saturated rings. The number of nitrogens with zero attached hydrogens (tertiary/aromatic N) is 1. The summed E-state index contributed by atoms with van der Waals surface area (Å²) in [6.07, 6.45) is 3.51. The molecule has 0 aliphatic carbocycles. The van der Waals surface area contributed by atoms with Gasteiger partial charge in [-0.2, -0.15) is 0 Å². The summed E-state index contributed by atoms with van der Waals surface area (Å²) in [5, 5.41) is 3.79. The summed E-state index contributed by atoms with van der Waals surface area (Å²) < 4.78 is 26.0. The zero-order valence-corrected chi connectivity index (χ0v) is 16.4. The van der Waals surface area contributed by atoms with Gasteiger partial charge in [0, 0.05) is 22.4 Å². The molecule has 0 radical (unpaired) electrons. The summed E-state index contributed by atoms with van der Waals surface area (Å²) in [7, 11) is -3.64. The lowest BCUT2D eigenvalue weighted by Crippen LogP contribution is -2.29. The number of sulfone groups is 1. The van der Waals surface area contributed by atoms with E-state index in [0.29, 0.717) is 9.92 Å². The van der Waals surface area contributed by atoms with E-state index in [4.69, 9.17) is 11.6 Å². The zero-order valence-electron chi connectivity index (χ0n) is 14.8. The summed E-state index contributed by atoms with van der Waals surface area (Å²) in [4.78, 5) is 4.94. The minimum atomic E-state index is -3.64. The molecule has 1 aromatic heterocycles. The second kappa shape index (κ2) is 6.19. The van der Waals surface area contributed by atoms with Crippen LogP contribution in [0.25, 0.3) is 5.57 Å². The molecule has 4 nitrogen and oxygen atoms in total. The van der Waals surface area contributed by atoms with E-state index in [1.165, 1.54) is 5.57 Å². The lowest BCUT2D eigenvalue weighted by Gasteiger charge is -2.25. The molecule has 0 spiro atoms. The lowest BCUT2D eigenvalue weighted by atomic mass is 9.87. The van der Waals surface area contributed by atoms with Crippen LogP contribution in [0.15, 0.2) is 47.0 Å². The number of aromatic nitrogens is 1. The molecule has 2 aromatic rings. The number of piperidine rings is 1. The van der Waals surface area contributed by atoms with Gasteiger partial charge in [0.05, 0.1) is 15.3 Å². The van der Waals surface area contributed by atoms with Crippen molar-refractivity contribution in [2.75, 3.05) is 13.1 Å². The van der Waals surface area contributed by atoms with Gasteiger partial charge in [-0.25, -0.2) is 8.42 Å². The zero-order chi connectivity index (χ0) is 18.5. The summed E-state index contributed by atoms with van der Waals surface area (Å²) in [5.74, 6) is 0. The Hall–Kier alpha value is -1.69. The predicted molar refractivity (Wildman–Crippen MR) is 104 cm³/mol. The third-order valence-electron chi connectivity index (χ3n) is 5.43. The fraction of sp³-hybridized carbons (Fsp3) is 0.350. The monoisotopic (exact) mass is 388 g/mol. The lowest BCUT2D eigenvalue weighted by molar-refractivity contribution is 0.555. The predicted octanol–water partition coefficient (Wildman–Crippen LogP) is 3.94. The van der Waals surface area contributed by atoms with Crippen molar-refractivity contribution in [3.8, 4) is 0 Å². The van der Waals surface area contributed by atoms with Gasteiger partial charge in [0.2, 0.25) is 0 Å². The molecule has 0 atom stereocenters. The largest absolute Gasteiger partial charge is 0.316 e. The van der Waals surface area contributed by atoms with Crippen molar-refractivity contribution in [2.24, 2.45) is 0 Å². The molecule has 2 aliphatic heterocycles. The molecule has 1 N–H and O–H groups in total. The standard InChI is InChI=1S/C20H21ClN2O2S/c1-20(2)16-4-3-9-23-19(16)18(13-7-10-22-11-8-13)15-6-5-14(21)12-17(15)26(20,24)25/h3-6,9,12,22H,7-8,10-11H2,1-2H3. The van der Waals surface area contributed by atoms with Crippen LogP contribution >= 0.6 is 11.6 Å². The molecule has 2 aliphatic rings. The first-order valence-corrected chi connectivity index (χ1v) is 10.6. The van der Waals surface area contributed by atoms with Crippen LogP contribution in [0.1, 0.15) is 43.5 Å². The number of pyridine rings is 1. The maximum atomic E-state index is 13.6. The number of hydrogen-bond donors (Lipinski definition) is 1. The third-order valence-corrected chi connectivity index (χ3v) is 8.14. The SMILES string of the molecule is CC1(C)c2cccnc2C(=C2CCNCC2)c2ccc(Cl)cc2S1(=O)=O. The Kier molecular flexibility index (Phi) is 4.21. The number of rotatable bonds is 0. The Bertz CT molecular complexity index is 1020. The van der Waals surface area contributed by atoms with Crippen LogP contribution < -0.4 is 5.32 Å². The summed E-state index contributed by atoms with van der Waals surface area (Å²) in [6.45, 7) is 5.28. The van der Waals surface area contributed by atoms with Crippen molar-refractivity contribution < 1.29 is 8.42 Å². The van der Waals surface area contributed by atoms with E-state index in [0.717, 1.165) is 48.3 Å². The average Bonchev–Trinajstić information content (AvgIpc) is 2.68. The first-order valence-electron chi connectivity index (χ1n) is 8.77. The number of nitrogens with one attached hydrogen (secondary N) is 1. The van der Waals surface area contributed by atoms with Gasteiger partial charge in [0.15, 0.2) is 9.84 Å². The molecule has 1 aromatic carbocycles. The highest BCUT2D eigenvalue weighted by Crippen LogP contribution is 2.47. The van der Waals surface area contributed by atoms with Crippen LogP contribution in [0.4, 0.5) is 0 Å². The average molecular weight is 389 g/mol. The van der Waals surface area contributed by atoms with Crippen LogP contribution in [0, 0.1) is 0 Å². The van der Waals surface area contributed by atoms with Crippen LogP contribution in [0.2, 0.25) is 5.02 Å². The topological polar surface area (TPSA) is 59.1 Å². The van der Waals surface area contributed by atoms with Gasteiger partial charge in [-0.05, 0) is 63.5 Å². The molecule has 0 saturated carbocycles. The molecular formula is C20H21ClN2O2S. The Morgan fingerprint density at radius 2 is 1.88 bits per heavy atom. The highest BCUT2D eigenvalue weighted by molar-refractivity contribution is 7.92. The number of fused-ring (bicyclic) bond motifs is 2. The van der Waals surface area contributed by atoms with E-state index in [2.05, 4.69) is 10.3 Å². The highest BCUT2D eigenvalue weighted by atomic mass is 35.5. The van der Waals surface area contributed by atoms with Gasteiger partial charge in [-0.15, -0.1) is 0 Å². The highest BCUT2D eigenvalue weighted by Gasteiger charge is 2.44. The molecule has 1 saturated heterocycles. The van der Waals surface area contributed by atoms with E-state index >= 15 is 0 Å². The van der Waals surface area contributed by atoms with Crippen LogP contribution in [0.3, 0.4) is 0 Å². The van der Waals surface area contributed by atoms with Crippen LogP contribution in [-0.2, 0) is 14.6 Å². The van der Waals surface area contributed by atoms with Crippen molar-refractivity contribution in [3.05, 3.63) is 63.9 Å². The minimum absolute atomic E-state index is 0.300. The molecule has 6 heteroatoms. The van der Waals surface area contributed by atoms with Gasteiger partial charge >= 0.3 is 0 Å². The smallest absolute Gasteiger partial charge is 0.188 e. The normalized spacial score (nSPS) is 20.9. The Labute approximate surface area is 159 Å². The van der Waals surface area contributed by atoms with Gasteiger partial charge in [-0.3, -0.25) is 4.98 Å². The van der Waals surface area contributed by atoms with E-state index < -0.39 is 14.6 Å². The molecule has 0 bridgehead atoms. The second-order valence-electron chi connectivity index (χ2n) is 7.28. The van der Waals surface area contributed by atoms with E-state index in [-0.39, 0.29) is 0 Å². The van der Waals surface area contributed by atoms with Gasteiger partial charge in [0.1, 0.15) is 0 Å². The molecule has 0 unspecified atom stereocenters. The quantitative estimate of drug-likeness (QED) is 0.742. The van der Waals surface area contributed by atoms with E-state index in [9.17, 15) is 8.42 Å². The van der Waals surface area contributed by atoms with Crippen molar-refractivity contribution in [1.29, 1.82) is 0 Å². The molecular weight excluding hydrogens is 368 g/mol. The second-order valence-corrected chi connectivity index (χ2v) is 10.2. The van der Waals surface area contributed by atoms with Crippen LogP contribution in [0.5, 0.6) is 0 Å². The van der Waals surface area contributed by atoms with Gasteiger partial charge in [-0.1, -0.05) is 29.3 Å². The molecule has 26 heavy (non-hydrogen) atoms. The summed E-state index contributed by atoms with van der Waals surface area (Å²) in [6, 6.07) is 8.87. The number of hydrogen-bond acceptors (Lipinski definition) is 4. The van der Waals surface area contributed by atoms with Gasteiger partial charge in [0.25, 0.3) is 0 Å². The fourth-order valence-electron chi connectivity index (χ4n) is 3.90. The molecule has 4 rings (SSSR count). The molecule has 0 amide bonds. The summed E-state index contributed by atoms with van der Waals surface area (Å²) >= 11 is 6.19. The number of halogens is 1. The third kappa shape index (κ3) is 2.53. The maximum Gasteiger partial charge on any atom is 0.188 e. The fourth-order valence-corrected chi connectivity index (χ4v) is 5.88. The van der Waals surface area contributed by atoms with Crippen molar-refractivity contribution in [3.63, 3.8) is 0 Å². The Morgan fingerprint density at radius 3 is 2.62 bits per heavy atom. The Balaban J connectivity index is 2.18. The van der Waals surface area contributed by atoms with Crippen molar-refractivity contribution in [2.45, 2.75) is 36.3 Å².